The van der Waals surface area contributed by atoms with Gasteiger partial charge in [0.05, 0.1) is 5.52 Å². The van der Waals surface area contributed by atoms with Crippen molar-refractivity contribution in [3.8, 4) is 17.1 Å². The van der Waals surface area contributed by atoms with E-state index in [1.165, 1.54) is 12.3 Å². The van der Waals surface area contributed by atoms with Crippen molar-refractivity contribution in [3.63, 3.8) is 0 Å². The van der Waals surface area contributed by atoms with Gasteiger partial charge in [0.2, 0.25) is 5.88 Å². The fraction of sp³-hybridized carbons (Fsp3) is 0.381. The Bertz CT molecular complexity index is 1110. The number of alkyl halides is 3. The normalized spacial score (nSPS) is 15.0. The quantitative estimate of drug-likeness (QED) is 0.615. The van der Waals surface area contributed by atoms with E-state index in [2.05, 4.69) is 15.3 Å². The van der Waals surface area contributed by atoms with Crippen molar-refractivity contribution in [1.29, 1.82) is 0 Å². The van der Waals surface area contributed by atoms with Gasteiger partial charge in [0, 0.05) is 67.5 Å². The second-order valence-corrected chi connectivity index (χ2v) is 7.49. The Balaban J connectivity index is 1.52. The number of fused-ring (bicyclic) bond motifs is 1. The Kier molecular flexibility index (Phi) is 6.17. The predicted molar refractivity (Wildman–Crippen MR) is 111 cm³/mol. The molecule has 8 nitrogen and oxygen atoms in total. The van der Waals surface area contributed by atoms with Crippen LogP contribution in [0.4, 0.5) is 23.8 Å². The number of ether oxygens (including phenoxy) is 2. The number of carbonyl (C=O) groups excluding carboxylic acids is 1. The molecule has 1 aliphatic rings. The molecule has 0 bridgehead atoms. The lowest BCUT2D eigenvalue weighted by molar-refractivity contribution is -0.123. The fourth-order valence-corrected chi connectivity index (χ4v) is 3.57. The van der Waals surface area contributed by atoms with Crippen LogP contribution in [0.15, 0.2) is 36.7 Å². The zero-order chi connectivity index (χ0) is 22.7. The largest absolute Gasteiger partial charge is 0.414 e. The van der Waals surface area contributed by atoms with Crippen LogP contribution in [0.25, 0.3) is 22.2 Å². The van der Waals surface area contributed by atoms with Crippen LogP contribution >= 0.6 is 0 Å². The van der Waals surface area contributed by atoms with Gasteiger partial charge in [-0.3, -0.25) is 0 Å². The summed E-state index contributed by atoms with van der Waals surface area (Å²) >= 11 is 0. The van der Waals surface area contributed by atoms with E-state index in [1.807, 2.05) is 23.7 Å². The number of hydrogen-bond acceptors (Lipinski definition) is 6. The van der Waals surface area contributed by atoms with E-state index in [-0.39, 0.29) is 5.88 Å². The summed E-state index contributed by atoms with van der Waals surface area (Å²) < 4.78 is 49.0. The van der Waals surface area contributed by atoms with Crippen molar-refractivity contribution in [2.45, 2.75) is 25.1 Å². The molecule has 11 heteroatoms. The molecule has 3 aromatic rings. The van der Waals surface area contributed by atoms with Gasteiger partial charge >= 0.3 is 12.3 Å². The Morgan fingerprint density at radius 3 is 2.78 bits per heavy atom. The highest BCUT2D eigenvalue weighted by molar-refractivity contribution is 5.88. The number of nitrogens with zero attached hydrogens (tertiary/aromatic N) is 3. The first-order valence-corrected chi connectivity index (χ1v) is 10.1. The van der Waals surface area contributed by atoms with Crippen LogP contribution in [-0.4, -0.2) is 52.6 Å². The van der Waals surface area contributed by atoms with Crippen LogP contribution in [0.2, 0.25) is 0 Å². The maximum Gasteiger partial charge on any atom is 0.414 e. The maximum absolute atomic E-state index is 12.2. The van der Waals surface area contributed by atoms with E-state index in [9.17, 15) is 18.0 Å². The molecule has 170 valence electrons. The van der Waals surface area contributed by atoms with E-state index < -0.39 is 18.8 Å². The maximum atomic E-state index is 12.2. The first-order valence-electron chi connectivity index (χ1n) is 10.1. The third-order valence-electron chi connectivity index (χ3n) is 5.16. The molecule has 0 radical (unpaired) electrons. The van der Waals surface area contributed by atoms with E-state index in [4.69, 9.17) is 9.47 Å². The molecule has 2 N–H and O–H groups in total. The first-order chi connectivity index (χ1) is 15.3. The van der Waals surface area contributed by atoms with E-state index >= 15 is 0 Å². The van der Waals surface area contributed by atoms with Gasteiger partial charge < -0.3 is 24.7 Å². The Morgan fingerprint density at radius 2 is 2.03 bits per heavy atom. The molecule has 4 heterocycles. The lowest BCUT2D eigenvalue weighted by Gasteiger charge is -2.23. The molecule has 0 unspecified atom stereocenters. The Labute approximate surface area is 181 Å². The number of halogens is 3. The molecule has 3 aromatic heterocycles. The molecule has 1 fully saturated rings. The zero-order valence-electron chi connectivity index (χ0n) is 17.3. The van der Waals surface area contributed by atoms with Crippen molar-refractivity contribution in [2.24, 2.45) is 7.05 Å². The number of amides is 1. The van der Waals surface area contributed by atoms with Gasteiger partial charge in [0.1, 0.15) is 12.4 Å². The highest BCUT2D eigenvalue weighted by Gasteiger charge is 2.28. The minimum atomic E-state index is -4.52. The second kappa shape index (κ2) is 9.03. The van der Waals surface area contributed by atoms with Crippen LogP contribution in [0, 0.1) is 0 Å². The van der Waals surface area contributed by atoms with E-state index in [0.717, 1.165) is 48.5 Å². The molecule has 1 amide bonds. The average Bonchev–Trinajstić information content (AvgIpc) is 3.09. The van der Waals surface area contributed by atoms with Crippen molar-refractivity contribution in [1.82, 2.24) is 19.9 Å². The van der Waals surface area contributed by atoms with Crippen LogP contribution < -0.4 is 15.4 Å². The SMILES string of the molecule is Cn1c(-c2ccnc(OC(=O)NCC(F)(F)F)c2)cc2cnc(NC3CCOCC3)cc21. The molecular weight excluding hydrogens is 427 g/mol. The number of aryl methyl sites for hydroxylation is 1. The molecule has 1 aliphatic heterocycles. The Hall–Kier alpha value is -3.34. The molecule has 0 aliphatic carbocycles. The lowest BCUT2D eigenvalue weighted by atomic mass is 10.1. The predicted octanol–water partition coefficient (Wildman–Crippen LogP) is 3.88. The number of pyridine rings is 2. The topological polar surface area (TPSA) is 90.3 Å². The second-order valence-electron chi connectivity index (χ2n) is 7.49. The zero-order valence-corrected chi connectivity index (χ0v) is 17.3. The van der Waals surface area contributed by atoms with Gasteiger partial charge in [-0.05, 0) is 25.0 Å². The van der Waals surface area contributed by atoms with E-state index in [0.29, 0.717) is 11.6 Å². The van der Waals surface area contributed by atoms with Crippen LogP contribution in [0.3, 0.4) is 0 Å². The number of aromatic nitrogens is 3. The van der Waals surface area contributed by atoms with Gasteiger partial charge in [0.25, 0.3) is 0 Å². The molecule has 0 saturated carbocycles. The summed E-state index contributed by atoms with van der Waals surface area (Å²) in [4.78, 5) is 20.0. The summed E-state index contributed by atoms with van der Waals surface area (Å²) in [7, 11) is 1.90. The number of carbonyl (C=O) groups is 1. The third kappa shape index (κ3) is 5.28. The summed E-state index contributed by atoms with van der Waals surface area (Å²) in [5.74, 6) is 0.671. The summed E-state index contributed by atoms with van der Waals surface area (Å²) in [5, 5.41) is 6.01. The molecule has 0 aromatic carbocycles. The van der Waals surface area contributed by atoms with Crippen molar-refractivity contribution in [3.05, 3.63) is 36.7 Å². The fourth-order valence-electron chi connectivity index (χ4n) is 3.57. The smallest absolute Gasteiger partial charge is 0.391 e. The van der Waals surface area contributed by atoms with Crippen LogP contribution in [0.5, 0.6) is 5.88 Å². The first kappa shape index (κ1) is 21.9. The summed E-state index contributed by atoms with van der Waals surface area (Å²) in [5.41, 5.74) is 2.45. The highest BCUT2D eigenvalue weighted by Crippen LogP contribution is 2.29. The van der Waals surface area contributed by atoms with Gasteiger partial charge in [-0.25, -0.2) is 14.8 Å². The number of anilines is 1. The molecule has 0 atom stereocenters. The highest BCUT2D eigenvalue weighted by atomic mass is 19.4. The standard InChI is InChI=1S/C21H22F3N5O3/c1-29-16(13-2-5-25-19(9-13)32-20(30)27-12-21(22,23)24)8-14-11-26-18(10-17(14)29)28-15-3-6-31-7-4-15/h2,5,8-11,15H,3-4,6-7,12H2,1H3,(H,26,28)(H,27,30). The molecular formula is C21H22F3N5O3. The third-order valence-corrected chi connectivity index (χ3v) is 5.16. The summed E-state index contributed by atoms with van der Waals surface area (Å²) in [6, 6.07) is 7.44. The Morgan fingerprint density at radius 1 is 1.25 bits per heavy atom. The molecule has 4 rings (SSSR count). The minimum Gasteiger partial charge on any atom is -0.391 e. The summed E-state index contributed by atoms with van der Waals surface area (Å²) in [6.07, 6.45) is -0.691. The monoisotopic (exact) mass is 449 g/mol. The van der Waals surface area contributed by atoms with Gasteiger partial charge in [-0.15, -0.1) is 0 Å². The molecule has 1 saturated heterocycles. The van der Waals surface area contributed by atoms with Gasteiger partial charge in [-0.1, -0.05) is 0 Å². The van der Waals surface area contributed by atoms with Crippen LogP contribution in [-0.2, 0) is 11.8 Å². The molecule has 0 spiro atoms. The van der Waals surface area contributed by atoms with Crippen LogP contribution in [0.1, 0.15) is 12.8 Å². The number of hydrogen-bond donors (Lipinski definition) is 2. The molecule has 32 heavy (non-hydrogen) atoms. The minimum absolute atomic E-state index is 0.104. The lowest BCUT2D eigenvalue weighted by Crippen LogP contribution is -2.35. The van der Waals surface area contributed by atoms with Gasteiger partial charge in [-0.2, -0.15) is 13.2 Å². The van der Waals surface area contributed by atoms with Crippen molar-refractivity contribution < 1.29 is 27.4 Å². The average molecular weight is 449 g/mol. The van der Waals surface area contributed by atoms with Crippen molar-refractivity contribution in [2.75, 3.05) is 25.1 Å². The number of rotatable bonds is 5. The van der Waals surface area contributed by atoms with E-state index in [1.54, 1.807) is 17.6 Å². The number of nitrogens with one attached hydrogen (secondary N) is 2. The van der Waals surface area contributed by atoms with Gasteiger partial charge in [0.15, 0.2) is 0 Å². The van der Waals surface area contributed by atoms with Crippen molar-refractivity contribution >= 4 is 22.8 Å². The summed E-state index contributed by atoms with van der Waals surface area (Å²) in [6.45, 7) is -0.0181.